The molecule has 0 aliphatic rings. The van der Waals surface area contributed by atoms with Crippen LogP contribution in [0.3, 0.4) is 0 Å². The molecule has 0 saturated carbocycles. The van der Waals surface area contributed by atoms with Crippen LogP contribution in [0.1, 0.15) is 26.7 Å². The second-order valence-corrected chi connectivity index (χ2v) is 7.67. The smallest absolute Gasteiger partial charge is 0.251 e. The summed E-state index contributed by atoms with van der Waals surface area (Å²) in [4.78, 5) is 16.0. The third-order valence-electron chi connectivity index (χ3n) is 4.31. The number of halogens is 2. The Balaban J connectivity index is 0.00000420. The highest BCUT2D eigenvalue weighted by Crippen LogP contribution is 2.27. The minimum absolute atomic E-state index is 0. The van der Waals surface area contributed by atoms with Gasteiger partial charge in [-0.15, -0.1) is 24.0 Å². The average Bonchev–Trinajstić information content (AvgIpc) is 2.72. The molecule has 0 saturated heterocycles. The highest BCUT2D eigenvalue weighted by molar-refractivity contribution is 14.0. The number of nitrogens with one attached hydrogen (secondary N) is 3. The molecule has 0 fully saturated rings. The average molecular weight is 547 g/mol. The molecule has 1 amide bonds. The summed E-state index contributed by atoms with van der Waals surface area (Å²) in [6.45, 7) is 1.46. The van der Waals surface area contributed by atoms with Crippen LogP contribution in [0, 0.1) is 0 Å². The van der Waals surface area contributed by atoms with Gasteiger partial charge in [-0.2, -0.15) is 11.8 Å². The molecule has 0 radical (unpaired) electrons. The Morgan fingerprint density at radius 2 is 1.93 bits per heavy atom. The van der Waals surface area contributed by atoms with Crippen molar-refractivity contribution in [3.8, 4) is 0 Å². The first kappa shape index (κ1) is 25.6. The maximum absolute atomic E-state index is 11.7. The van der Waals surface area contributed by atoms with Crippen LogP contribution in [0.5, 0.6) is 0 Å². The lowest BCUT2D eigenvalue weighted by atomic mass is 10.1. The van der Waals surface area contributed by atoms with E-state index in [-0.39, 0.29) is 35.1 Å². The molecule has 29 heavy (non-hydrogen) atoms. The molecular formula is C21H28ClIN4OS. The summed E-state index contributed by atoms with van der Waals surface area (Å²) in [6.07, 6.45) is 2.88. The van der Waals surface area contributed by atoms with Crippen molar-refractivity contribution >= 4 is 59.2 Å². The second kappa shape index (κ2) is 13.7. The molecule has 0 bridgehead atoms. The minimum atomic E-state index is -0.0728. The molecule has 3 N–H and O–H groups in total. The lowest BCUT2D eigenvalue weighted by molar-refractivity contribution is 0.0963. The van der Waals surface area contributed by atoms with Gasteiger partial charge in [-0.05, 0) is 48.1 Å². The first-order valence-electron chi connectivity index (χ1n) is 9.11. The van der Waals surface area contributed by atoms with E-state index in [9.17, 15) is 4.79 Å². The Morgan fingerprint density at radius 3 is 2.59 bits per heavy atom. The van der Waals surface area contributed by atoms with Crippen LogP contribution in [-0.2, 0) is 6.42 Å². The summed E-state index contributed by atoms with van der Waals surface area (Å²) in [5.41, 5.74) is 2.96. The van der Waals surface area contributed by atoms with E-state index >= 15 is 0 Å². The van der Waals surface area contributed by atoms with E-state index < -0.39 is 0 Å². The molecule has 0 aliphatic carbocycles. The number of aliphatic imine (C=N–C) groups is 1. The van der Waals surface area contributed by atoms with Gasteiger partial charge in [0.15, 0.2) is 5.96 Å². The number of hydrogen-bond donors (Lipinski definition) is 3. The van der Waals surface area contributed by atoms with Gasteiger partial charge >= 0.3 is 0 Å². The monoisotopic (exact) mass is 546 g/mol. The molecule has 1 atom stereocenters. The third kappa shape index (κ3) is 8.44. The summed E-state index contributed by atoms with van der Waals surface area (Å²) in [5, 5.41) is 10.4. The molecule has 8 heteroatoms. The number of rotatable bonds is 8. The van der Waals surface area contributed by atoms with Crippen molar-refractivity contribution in [3.63, 3.8) is 0 Å². The first-order chi connectivity index (χ1) is 13.6. The van der Waals surface area contributed by atoms with Gasteiger partial charge in [-0.1, -0.05) is 35.9 Å². The van der Waals surface area contributed by atoms with Crippen LogP contribution < -0.4 is 16.0 Å². The third-order valence-corrected chi connectivity index (χ3v) is 5.55. The van der Waals surface area contributed by atoms with Crippen molar-refractivity contribution in [3.05, 3.63) is 70.2 Å². The maximum Gasteiger partial charge on any atom is 0.251 e. The Labute approximate surface area is 199 Å². The number of nitrogens with zero attached hydrogens (tertiary/aromatic N) is 1. The zero-order valence-electron chi connectivity index (χ0n) is 16.9. The lowest BCUT2D eigenvalue weighted by Crippen LogP contribution is -2.39. The van der Waals surface area contributed by atoms with E-state index in [4.69, 9.17) is 11.6 Å². The van der Waals surface area contributed by atoms with Gasteiger partial charge < -0.3 is 16.0 Å². The van der Waals surface area contributed by atoms with Crippen molar-refractivity contribution in [1.82, 2.24) is 16.0 Å². The minimum Gasteiger partial charge on any atom is -0.356 e. The zero-order valence-corrected chi connectivity index (χ0v) is 20.8. The first-order valence-corrected chi connectivity index (χ1v) is 10.8. The van der Waals surface area contributed by atoms with Gasteiger partial charge in [-0.3, -0.25) is 9.79 Å². The van der Waals surface area contributed by atoms with E-state index in [1.807, 2.05) is 42.5 Å². The Morgan fingerprint density at radius 1 is 1.17 bits per heavy atom. The number of carbonyl (C=O) groups is 1. The predicted molar refractivity (Wildman–Crippen MR) is 136 cm³/mol. The molecule has 0 heterocycles. The topological polar surface area (TPSA) is 65.5 Å². The largest absolute Gasteiger partial charge is 0.356 e. The van der Waals surface area contributed by atoms with Crippen molar-refractivity contribution < 1.29 is 4.79 Å². The fourth-order valence-corrected chi connectivity index (χ4v) is 3.66. The molecule has 0 aromatic heterocycles. The Bertz CT molecular complexity index is 819. The van der Waals surface area contributed by atoms with Crippen molar-refractivity contribution in [2.45, 2.75) is 11.7 Å². The zero-order chi connectivity index (χ0) is 20.4. The fraction of sp³-hybridized carbons (Fsp3) is 0.333. The highest BCUT2D eigenvalue weighted by Gasteiger charge is 2.11. The molecule has 1 unspecified atom stereocenters. The predicted octanol–water partition coefficient (Wildman–Crippen LogP) is 4.13. The van der Waals surface area contributed by atoms with E-state index in [1.54, 1.807) is 25.9 Å². The van der Waals surface area contributed by atoms with E-state index in [1.165, 1.54) is 5.56 Å². The number of thioether (sulfide) groups is 1. The van der Waals surface area contributed by atoms with Crippen LogP contribution in [0.25, 0.3) is 0 Å². The van der Waals surface area contributed by atoms with Gasteiger partial charge in [0.25, 0.3) is 5.91 Å². The van der Waals surface area contributed by atoms with Crippen molar-refractivity contribution in [2.24, 2.45) is 4.99 Å². The number of carbonyl (C=O) groups excluding carboxylic acids is 1. The van der Waals surface area contributed by atoms with Crippen LogP contribution in [0.15, 0.2) is 53.5 Å². The Hall–Kier alpha value is -1.45. The van der Waals surface area contributed by atoms with Crippen LogP contribution in [0.2, 0.25) is 5.02 Å². The van der Waals surface area contributed by atoms with Crippen molar-refractivity contribution in [1.29, 1.82) is 0 Å². The lowest BCUT2D eigenvalue weighted by Gasteiger charge is -2.18. The van der Waals surface area contributed by atoms with E-state index in [0.29, 0.717) is 5.56 Å². The molecule has 0 aliphatic heterocycles. The standard InChI is InChI=1S/C21H27ClN4OS.HI/c1-23-20(27)17-8-4-6-15(12-17)10-11-25-21(24-2)26-14-19(28-3)16-7-5-9-18(22)13-16;/h4-9,12-13,19H,10-11,14H2,1-3H3,(H,23,27)(H2,24,25,26);1H. The number of benzene rings is 2. The second-order valence-electron chi connectivity index (χ2n) is 6.19. The van der Waals surface area contributed by atoms with Crippen molar-refractivity contribution in [2.75, 3.05) is 33.4 Å². The van der Waals surface area contributed by atoms with E-state index in [2.05, 4.69) is 33.3 Å². The van der Waals surface area contributed by atoms with Crippen LogP contribution in [-0.4, -0.2) is 45.3 Å². The van der Waals surface area contributed by atoms with Gasteiger partial charge in [0.2, 0.25) is 0 Å². The number of hydrogen-bond acceptors (Lipinski definition) is 3. The number of guanidine groups is 1. The number of amides is 1. The van der Waals surface area contributed by atoms with Crippen LogP contribution in [0.4, 0.5) is 0 Å². The van der Waals surface area contributed by atoms with Gasteiger partial charge in [0, 0.05) is 43.0 Å². The van der Waals surface area contributed by atoms with Gasteiger partial charge in [0.05, 0.1) is 0 Å². The molecule has 158 valence electrons. The summed E-state index contributed by atoms with van der Waals surface area (Å²) < 4.78 is 0. The summed E-state index contributed by atoms with van der Waals surface area (Å²) in [6, 6.07) is 15.6. The highest BCUT2D eigenvalue weighted by atomic mass is 127. The SMILES string of the molecule is CN=C(NCCc1cccc(C(=O)NC)c1)NCC(SC)c1cccc(Cl)c1.I. The van der Waals surface area contributed by atoms with Crippen LogP contribution >= 0.6 is 47.3 Å². The fourth-order valence-electron chi connectivity index (χ4n) is 2.79. The molecule has 2 aromatic rings. The molecule has 5 nitrogen and oxygen atoms in total. The molecular weight excluding hydrogens is 519 g/mol. The maximum atomic E-state index is 11.7. The molecule has 0 spiro atoms. The van der Waals surface area contributed by atoms with Gasteiger partial charge in [-0.25, -0.2) is 0 Å². The molecule has 2 aromatic carbocycles. The molecule has 2 rings (SSSR count). The summed E-state index contributed by atoms with van der Waals surface area (Å²) >= 11 is 7.88. The quantitative estimate of drug-likeness (QED) is 0.265. The van der Waals surface area contributed by atoms with E-state index in [0.717, 1.165) is 36.1 Å². The summed E-state index contributed by atoms with van der Waals surface area (Å²) in [5.74, 6) is 0.681. The normalized spacial score (nSPS) is 11.9. The Kier molecular flexibility index (Phi) is 12.1. The summed E-state index contributed by atoms with van der Waals surface area (Å²) in [7, 11) is 3.40. The van der Waals surface area contributed by atoms with Gasteiger partial charge in [0.1, 0.15) is 0 Å².